The summed E-state index contributed by atoms with van der Waals surface area (Å²) in [6, 6.07) is 1.85. The summed E-state index contributed by atoms with van der Waals surface area (Å²) in [5.41, 5.74) is 1.11. The molecule has 2 aromatic heterocycles. The van der Waals surface area contributed by atoms with Crippen LogP contribution in [0.15, 0.2) is 35.8 Å². The van der Waals surface area contributed by atoms with Crippen LogP contribution in [-0.4, -0.2) is 101 Å². The molecule has 4 rings (SSSR count). The number of morpholine rings is 1. The Morgan fingerprint density at radius 1 is 1.19 bits per heavy atom. The van der Waals surface area contributed by atoms with Gasteiger partial charge in [0.25, 0.3) is 0 Å². The topological polar surface area (TPSA) is 86.9 Å². The molecule has 0 bridgehead atoms. The first kappa shape index (κ1) is 21.5. The Morgan fingerprint density at radius 3 is 2.71 bits per heavy atom. The Labute approximate surface area is 183 Å². The molecule has 0 radical (unpaired) electrons. The fourth-order valence-corrected chi connectivity index (χ4v) is 4.00. The lowest BCUT2D eigenvalue weighted by Crippen LogP contribution is -2.49. The zero-order valence-corrected chi connectivity index (χ0v) is 18.5. The van der Waals surface area contributed by atoms with Crippen LogP contribution in [0.4, 0.5) is 5.95 Å². The largest absolute Gasteiger partial charge is 0.370 e. The maximum Gasteiger partial charge on any atom is 0.225 e. The smallest absolute Gasteiger partial charge is 0.225 e. The molecule has 0 spiro atoms. The minimum absolute atomic E-state index is 0.0274. The maximum absolute atomic E-state index is 5.98. The fraction of sp³-hybridized carbons (Fsp3) is 0.619. The molecule has 4 heterocycles. The third-order valence-corrected chi connectivity index (χ3v) is 5.68. The summed E-state index contributed by atoms with van der Waals surface area (Å²) in [6.07, 6.45) is 7.54. The third-order valence-electron chi connectivity index (χ3n) is 5.68. The number of rotatable bonds is 6. The molecule has 0 saturated carbocycles. The van der Waals surface area contributed by atoms with Crippen LogP contribution in [0.2, 0.25) is 0 Å². The molecule has 0 amide bonds. The standard InChI is InChI=1S/C21H33N9O/c1-3-22-20(30-13-14-31-19(17-30)18-15-26-27(2)16-18)25-7-8-28-9-11-29(12-10-28)21-23-5-4-6-24-21/h4-6,15-16,19H,3,7-14,17H2,1-2H3,(H,22,25). The molecule has 31 heavy (non-hydrogen) atoms. The van der Waals surface area contributed by atoms with Crippen molar-refractivity contribution in [2.45, 2.75) is 13.0 Å². The first-order valence-corrected chi connectivity index (χ1v) is 11.1. The highest BCUT2D eigenvalue weighted by Crippen LogP contribution is 2.21. The van der Waals surface area contributed by atoms with Gasteiger partial charge < -0.3 is 19.9 Å². The monoisotopic (exact) mass is 427 g/mol. The molecule has 168 valence electrons. The number of aryl methyl sites for hydroxylation is 1. The van der Waals surface area contributed by atoms with Crippen LogP contribution in [-0.2, 0) is 11.8 Å². The molecule has 2 aromatic rings. The van der Waals surface area contributed by atoms with Gasteiger partial charge in [-0.1, -0.05) is 0 Å². The Kier molecular flexibility index (Phi) is 7.31. The molecule has 1 atom stereocenters. The number of aliphatic imine (C=N–C) groups is 1. The number of anilines is 1. The van der Waals surface area contributed by atoms with Crippen molar-refractivity contribution < 1.29 is 4.74 Å². The molecular weight excluding hydrogens is 394 g/mol. The fourth-order valence-electron chi connectivity index (χ4n) is 4.00. The molecule has 2 fully saturated rings. The lowest BCUT2D eigenvalue weighted by Gasteiger charge is -2.35. The van der Waals surface area contributed by atoms with E-state index in [1.54, 1.807) is 12.4 Å². The predicted octanol–water partition coefficient (Wildman–Crippen LogP) is 0.371. The summed E-state index contributed by atoms with van der Waals surface area (Å²) in [7, 11) is 1.93. The molecule has 1 unspecified atom stereocenters. The second-order valence-corrected chi connectivity index (χ2v) is 7.87. The summed E-state index contributed by atoms with van der Waals surface area (Å²) in [6.45, 7) is 10.9. The minimum atomic E-state index is 0.0274. The molecule has 10 nitrogen and oxygen atoms in total. The third kappa shape index (κ3) is 5.71. The number of guanidine groups is 1. The average molecular weight is 428 g/mol. The zero-order valence-electron chi connectivity index (χ0n) is 18.5. The summed E-state index contributed by atoms with van der Waals surface area (Å²) in [5.74, 6) is 1.79. The quantitative estimate of drug-likeness (QED) is 0.523. The SMILES string of the molecule is CCNC(=NCCN1CCN(c2ncccn2)CC1)N1CCOC(c2cnn(C)c2)C1. The summed E-state index contributed by atoms with van der Waals surface area (Å²) < 4.78 is 7.80. The van der Waals surface area contributed by atoms with Crippen molar-refractivity contribution in [2.24, 2.45) is 12.0 Å². The van der Waals surface area contributed by atoms with Gasteiger partial charge in [-0.3, -0.25) is 14.6 Å². The van der Waals surface area contributed by atoms with Crippen molar-refractivity contribution in [1.29, 1.82) is 0 Å². The average Bonchev–Trinajstić information content (AvgIpc) is 3.26. The Bertz CT molecular complexity index is 832. The molecule has 0 aromatic carbocycles. The number of ether oxygens (including phenoxy) is 1. The molecule has 2 aliphatic rings. The van der Waals surface area contributed by atoms with Crippen LogP contribution in [0.5, 0.6) is 0 Å². The first-order chi connectivity index (χ1) is 15.2. The van der Waals surface area contributed by atoms with Crippen LogP contribution >= 0.6 is 0 Å². The van der Waals surface area contributed by atoms with Crippen LogP contribution in [0, 0.1) is 0 Å². The van der Waals surface area contributed by atoms with Crippen LogP contribution in [0.3, 0.4) is 0 Å². The van der Waals surface area contributed by atoms with Crippen molar-refractivity contribution in [3.63, 3.8) is 0 Å². The highest BCUT2D eigenvalue weighted by molar-refractivity contribution is 5.80. The molecule has 2 aliphatic heterocycles. The number of nitrogens with zero attached hydrogens (tertiary/aromatic N) is 8. The first-order valence-electron chi connectivity index (χ1n) is 11.1. The highest BCUT2D eigenvalue weighted by Gasteiger charge is 2.25. The van der Waals surface area contributed by atoms with Crippen LogP contribution < -0.4 is 10.2 Å². The Hall–Kier alpha value is -2.72. The number of aromatic nitrogens is 4. The predicted molar refractivity (Wildman–Crippen MR) is 120 cm³/mol. The molecule has 2 saturated heterocycles. The Morgan fingerprint density at radius 2 is 2.00 bits per heavy atom. The number of piperazine rings is 1. The lowest BCUT2D eigenvalue weighted by atomic mass is 10.1. The van der Waals surface area contributed by atoms with E-state index in [9.17, 15) is 0 Å². The number of hydrogen-bond donors (Lipinski definition) is 1. The number of hydrogen-bond acceptors (Lipinski definition) is 7. The molecule has 0 aliphatic carbocycles. The van der Waals surface area contributed by atoms with E-state index in [1.165, 1.54) is 0 Å². The molecule has 10 heteroatoms. The van der Waals surface area contributed by atoms with E-state index in [0.717, 1.165) is 76.4 Å². The van der Waals surface area contributed by atoms with Gasteiger partial charge in [-0.15, -0.1) is 0 Å². The van der Waals surface area contributed by atoms with E-state index in [-0.39, 0.29) is 6.10 Å². The van der Waals surface area contributed by atoms with Crippen molar-refractivity contribution >= 4 is 11.9 Å². The van der Waals surface area contributed by atoms with Crippen molar-refractivity contribution in [2.75, 3.05) is 70.4 Å². The second-order valence-electron chi connectivity index (χ2n) is 7.87. The van der Waals surface area contributed by atoms with E-state index in [4.69, 9.17) is 9.73 Å². The minimum Gasteiger partial charge on any atom is -0.370 e. The van der Waals surface area contributed by atoms with Crippen LogP contribution in [0.1, 0.15) is 18.6 Å². The van der Waals surface area contributed by atoms with Gasteiger partial charge in [-0.2, -0.15) is 5.10 Å². The Balaban J connectivity index is 1.28. The zero-order chi connectivity index (χ0) is 21.5. The maximum atomic E-state index is 5.98. The van der Waals surface area contributed by atoms with E-state index >= 15 is 0 Å². The van der Waals surface area contributed by atoms with Gasteiger partial charge in [0.05, 0.1) is 25.9 Å². The summed E-state index contributed by atoms with van der Waals surface area (Å²) in [4.78, 5) is 20.6. The van der Waals surface area contributed by atoms with Gasteiger partial charge in [-0.25, -0.2) is 9.97 Å². The van der Waals surface area contributed by atoms with Gasteiger partial charge in [0.1, 0.15) is 6.10 Å². The van der Waals surface area contributed by atoms with Gasteiger partial charge >= 0.3 is 0 Å². The second kappa shape index (κ2) is 10.5. The molecular formula is C21H33N9O. The van der Waals surface area contributed by atoms with Gasteiger partial charge in [0.15, 0.2) is 5.96 Å². The van der Waals surface area contributed by atoms with Crippen LogP contribution in [0.25, 0.3) is 0 Å². The van der Waals surface area contributed by atoms with Crippen molar-refractivity contribution in [1.82, 2.24) is 34.9 Å². The summed E-state index contributed by atoms with van der Waals surface area (Å²) in [5, 5.41) is 7.73. The summed E-state index contributed by atoms with van der Waals surface area (Å²) >= 11 is 0. The normalized spacial score (nSPS) is 20.8. The van der Waals surface area contributed by atoms with Gasteiger partial charge in [-0.05, 0) is 13.0 Å². The van der Waals surface area contributed by atoms with E-state index in [2.05, 4.69) is 42.0 Å². The van der Waals surface area contributed by atoms with E-state index in [1.807, 2.05) is 30.2 Å². The van der Waals surface area contributed by atoms with Gasteiger partial charge in [0, 0.05) is 77.0 Å². The van der Waals surface area contributed by atoms with Crippen molar-refractivity contribution in [3.8, 4) is 0 Å². The highest BCUT2D eigenvalue weighted by atomic mass is 16.5. The van der Waals surface area contributed by atoms with E-state index in [0.29, 0.717) is 6.61 Å². The van der Waals surface area contributed by atoms with E-state index < -0.39 is 0 Å². The van der Waals surface area contributed by atoms with Crippen molar-refractivity contribution in [3.05, 3.63) is 36.4 Å². The van der Waals surface area contributed by atoms with Gasteiger partial charge in [0.2, 0.25) is 5.95 Å². The number of nitrogens with one attached hydrogen (secondary N) is 1. The molecule has 1 N–H and O–H groups in total. The lowest BCUT2D eigenvalue weighted by molar-refractivity contribution is -0.00805.